The lowest BCUT2D eigenvalue weighted by atomic mass is 9.93. The van der Waals surface area contributed by atoms with Crippen LogP contribution in [0.1, 0.15) is 94.2 Å². The van der Waals surface area contributed by atoms with Gasteiger partial charge in [0.15, 0.2) is 5.69 Å². The number of unbranched alkanes of at least 4 members (excludes halogenated alkanes) is 1. The van der Waals surface area contributed by atoms with Crippen LogP contribution in [0.5, 0.6) is 0 Å². The number of aliphatic hydroxyl groups is 1. The zero-order valence-corrected chi connectivity index (χ0v) is 24.6. The van der Waals surface area contributed by atoms with E-state index in [0.717, 1.165) is 37.1 Å². The van der Waals surface area contributed by atoms with Crippen LogP contribution < -0.4 is 5.32 Å². The van der Waals surface area contributed by atoms with E-state index in [4.69, 9.17) is 11.3 Å². The van der Waals surface area contributed by atoms with E-state index in [1.54, 1.807) is 0 Å². The molecule has 1 aromatic heterocycles. The van der Waals surface area contributed by atoms with Crippen molar-refractivity contribution < 1.29 is 29.4 Å². The Kier molecular flexibility index (Phi) is 13.3. The van der Waals surface area contributed by atoms with E-state index in [1.807, 2.05) is 39.6 Å². The highest BCUT2D eigenvalue weighted by atomic mass is 32.1. The number of rotatable bonds is 15. The van der Waals surface area contributed by atoms with Gasteiger partial charge in [-0.05, 0) is 44.7 Å². The van der Waals surface area contributed by atoms with E-state index in [9.17, 15) is 24.6 Å². The van der Waals surface area contributed by atoms with Gasteiger partial charge in [-0.2, -0.15) is 0 Å². The van der Waals surface area contributed by atoms with Gasteiger partial charge in [-0.3, -0.25) is 19.3 Å². The maximum absolute atomic E-state index is 14.1. The molecule has 4 unspecified atom stereocenters. The minimum atomic E-state index is -1.17. The Morgan fingerprint density at radius 1 is 1.33 bits per heavy atom. The number of piperidine rings is 1. The highest BCUT2D eigenvalue weighted by molar-refractivity contribution is 7.09. The molecule has 1 saturated heterocycles. The lowest BCUT2D eigenvalue weighted by Crippen LogP contribution is -2.58. The molecule has 5 atom stereocenters. The van der Waals surface area contributed by atoms with E-state index < -0.39 is 24.2 Å². The summed E-state index contributed by atoms with van der Waals surface area (Å²) in [6, 6.07) is -1.68. The zero-order chi connectivity index (χ0) is 29.1. The first kappa shape index (κ1) is 32.7. The molecule has 3 N–H and O–H groups in total. The van der Waals surface area contributed by atoms with Crippen molar-refractivity contribution in [2.24, 2.45) is 11.8 Å². The Balaban J connectivity index is 2.33. The Hall–Kier alpha value is -2.52. The molecule has 2 heterocycles. The van der Waals surface area contributed by atoms with Gasteiger partial charge in [0, 0.05) is 18.2 Å². The smallest absolute Gasteiger partial charge is 0.355 e. The van der Waals surface area contributed by atoms with Crippen LogP contribution in [0.25, 0.3) is 0 Å². The van der Waals surface area contributed by atoms with E-state index in [1.165, 1.54) is 10.4 Å². The molecule has 1 aliphatic rings. The maximum atomic E-state index is 14.1. The third kappa shape index (κ3) is 9.28. The number of hydrogen-bond acceptors (Lipinski definition) is 8. The Bertz CT molecular complexity index is 993. The van der Waals surface area contributed by atoms with Gasteiger partial charge in [0.05, 0.1) is 18.7 Å². The second kappa shape index (κ2) is 15.9. The summed E-state index contributed by atoms with van der Waals surface area (Å²) in [6.07, 6.45) is 8.79. The summed E-state index contributed by atoms with van der Waals surface area (Å²) >= 11 is 1.05. The van der Waals surface area contributed by atoms with E-state index >= 15 is 0 Å². The number of aromatic carboxylic acids is 1. The lowest BCUT2D eigenvalue weighted by molar-refractivity contribution is -0.212. The number of terminal acetylenes is 1. The van der Waals surface area contributed by atoms with Gasteiger partial charge in [-0.15, -0.1) is 23.7 Å². The summed E-state index contributed by atoms with van der Waals surface area (Å²) in [5.41, 5.74) is -0.138. The molecular weight excluding hydrogens is 520 g/mol. The van der Waals surface area contributed by atoms with Crippen LogP contribution in [-0.2, 0) is 14.4 Å². The van der Waals surface area contributed by atoms with Gasteiger partial charge in [0.25, 0.3) is 5.91 Å². The number of carbonyl (C=O) groups excluding carboxylic acids is 2. The fourth-order valence-electron chi connectivity index (χ4n) is 4.64. The van der Waals surface area contributed by atoms with Crippen LogP contribution in [0.4, 0.5) is 0 Å². The van der Waals surface area contributed by atoms with Crippen LogP contribution in [0.2, 0.25) is 0 Å². The summed E-state index contributed by atoms with van der Waals surface area (Å²) in [5, 5.41) is 26.1. The maximum Gasteiger partial charge on any atom is 0.355 e. The largest absolute Gasteiger partial charge is 0.476 e. The van der Waals surface area contributed by atoms with Gasteiger partial charge >= 0.3 is 5.97 Å². The Labute approximate surface area is 236 Å². The Morgan fingerprint density at radius 2 is 2.05 bits per heavy atom. The van der Waals surface area contributed by atoms with Crippen molar-refractivity contribution in [3.63, 3.8) is 0 Å². The van der Waals surface area contributed by atoms with Crippen molar-refractivity contribution in [2.45, 2.75) is 96.9 Å². The molecule has 0 bridgehead atoms. The minimum Gasteiger partial charge on any atom is -0.476 e. The number of carboxylic acid groups (broad SMARTS) is 1. The number of carbonyl (C=O) groups is 3. The van der Waals surface area contributed by atoms with Crippen LogP contribution in [0, 0.1) is 24.2 Å². The topological polar surface area (TPSA) is 132 Å². The van der Waals surface area contributed by atoms with E-state index in [-0.39, 0.29) is 53.4 Å². The fourth-order valence-corrected chi connectivity index (χ4v) is 5.43. The second-order valence-electron chi connectivity index (χ2n) is 10.6. The van der Waals surface area contributed by atoms with Crippen molar-refractivity contribution in [2.75, 3.05) is 20.2 Å². The van der Waals surface area contributed by atoms with Crippen molar-refractivity contribution in [3.05, 3.63) is 16.1 Å². The third-order valence-electron chi connectivity index (χ3n) is 7.32. The number of hydrogen-bond donors (Lipinski definition) is 3. The number of amides is 2. The van der Waals surface area contributed by atoms with Gasteiger partial charge < -0.3 is 15.5 Å². The van der Waals surface area contributed by atoms with Crippen molar-refractivity contribution in [1.82, 2.24) is 20.3 Å². The molecule has 0 spiro atoms. The molecule has 218 valence electrons. The zero-order valence-electron chi connectivity index (χ0n) is 23.8. The molecule has 11 heteroatoms. The predicted octanol–water partition coefficient (Wildman–Crippen LogP) is 3.48. The number of thiazole rings is 1. The highest BCUT2D eigenvalue weighted by Gasteiger charge is 2.39. The van der Waals surface area contributed by atoms with Crippen LogP contribution >= 0.6 is 11.3 Å². The summed E-state index contributed by atoms with van der Waals surface area (Å²) in [4.78, 5) is 50.8. The molecule has 39 heavy (non-hydrogen) atoms. The molecule has 1 fully saturated rings. The first-order valence-corrected chi connectivity index (χ1v) is 14.7. The van der Waals surface area contributed by atoms with Gasteiger partial charge in [0.1, 0.15) is 17.2 Å². The van der Waals surface area contributed by atoms with Crippen molar-refractivity contribution in [1.29, 1.82) is 0 Å². The number of likely N-dealkylation sites (tertiary alicyclic amines) is 1. The number of hydroxylamine groups is 2. The molecule has 0 saturated carbocycles. The first-order valence-electron chi connectivity index (χ1n) is 13.8. The number of nitrogens with one attached hydrogen (secondary N) is 1. The predicted molar refractivity (Wildman–Crippen MR) is 150 cm³/mol. The number of carboxylic acids is 1. The molecule has 0 aromatic carbocycles. The molecule has 2 rings (SSSR count). The van der Waals surface area contributed by atoms with Crippen LogP contribution in [-0.4, -0.2) is 81.3 Å². The number of likely N-dealkylation sites (N-methyl/N-ethyl adjacent to an activating group) is 1. The molecule has 1 aliphatic heterocycles. The highest BCUT2D eigenvalue weighted by Crippen LogP contribution is 2.29. The summed E-state index contributed by atoms with van der Waals surface area (Å²) < 4.78 is 0. The lowest BCUT2D eigenvalue weighted by Gasteiger charge is -2.38. The second-order valence-corrected chi connectivity index (χ2v) is 11.5. The van der Waals surface area contributed by atoms with Crippen LogP contribution in [0.3, 0.4) is 0 Å². The summed E-state index contributed by atoms with van der Waals surface area (Å²) in [6.45, 7) is 8.75. The van der Waals surface area contributed by atoms with Crippen LogP contribution in [0.15, 0.2) is 5.38 Å². The quantitative estimate of drug-likeness (QED) is 0.168. The van der Waals surface area contributed by atoms with Gasteiger partial charge in [-0.25, -0.2) is 14.8 Å². The Morgan fingerprint density at radius 3 is 2.62 bits per heavy atom. The average Bonchev–Trinajstić information content (AvgIpc) is 3.41. The number of aromatic nitrogens is 1. The van der Waals surface area contributed by atoms with Crippen molar-refractivity contribution >= 4 is 29.1 Å². The molecule has 10 nitrogen and oxygen atoms in total. The molecular formula is C28H44N4O6S. The third-order valence-corrected chi connectivity index (χ3v) is 8.27. The van der Waals surface area contributed by atoms with E-state index in [2.05, 4.69) is 16.2 Å². The average molecular weight is 565 g/mol. The summed E-state index contributed by atoms with van der Waals surface area (Å²) in [7, 11) is 1.93. The van der Waals surface area contributed by atoms with Gasteiger partial charge in [0.2, 0.25) is 5.91 Å². The normalized spacial score (nSPS) is 19.1. The van der Waals surface area contributed by atoms with Crippen molar-refractivity contribution in [3.8, 4) is 12.3 Å². The number of nitrogens with zero attached hydrogens (tertiary/aromatic N) is 3. The SMILES string of the molecule is C#CCCCON(C(=O)C(NC(=O)[C@H]1CCCCN1C)C(C)CC)C(CC(O)c1nc(C(=O)O)cs1)C(C)C. The monoisotopic (exact) mass is 564 g/mol. The minimum absolute atomic E-state index is 0.0810. The molecule has 2 amide bonds. The molecule has 0 radical (unpaired) electrons. The molecule has 0 aliphatic carbocycles. The van der Waals surface area contributed by atoms with Gasteiger partial charge in [-0.1, -0.05) is 40.5 Å². The standard InChI is InChI=1S/C28H44N4O6S/c1-7-9-12-15-38-32(22(18(3)4)16-23(33)26-29-20(17-39-26)28(36)37)27(35)24(19(5)8-2)30-25(34)21-13-10-11-14-31(21)6/h1,17-19,21-24,33H,8-16H2,2-6H3,(H,30,34)(H,36,37)/t19?,21-,22?,23?,24?/m1/s1. The fraction of sp³-hybridized carbons (Fsp3) is 0.714. The summed E-state index contributed by atoms with van der Waals surface area (Å²) in [5.74, 6) is 0.542. The molecule has 1 aromatic rings. The van der Waals surface area contributed by atoms with E-state index in [0.29, 0.717) is 19.3 Å². The number of aliphatic hydroxyl groups excluding tert-OH is 1. The first-order chi connectivity index (χ1) is 18.5.